The highest BCUT2D eigenvalue weighted by atomic mass is 19.1. The van der Waals surface area contributed by atoms with Crippen molar-refractivity contribution in [3.63, 3.8) is 0 Å². The molecule has 0 unspecified atom stereocenters. The number of esters is 1. The van der Waals surface area contributed by atoms with Gasteiger partial charge in [-0.1, -0.05) is 0 Å². The third kappa shape index (κ3) is 3.11. The van der Waals surface area contributed by atoms with Crippen LogP contribution in [0.3, 0.4) is 0 Å². The summed E-state index contributed by atoms with van der Waals surface area (Å²) >= 11 is 0. The first kappa shape index (κ1) is 15.8. The maximum atomic E-state index is 12.9. The summed E-state index contributed by atoms with van der Waals surface area (Å²) in [7, 11) is 0. The Balaban J connectivity index is 1.32. The Morgan fingerprint density at radius 1 is 1.00 bits per heavy atom. The lowest BCUT2D eigenvalue weighted by atomic mass is 9.49. The molecule has 4 aliphatic carbocycles. The standard InChI is InChI=1S/C20H23FO3/c21-17-3-1-16(2-4-17)18(22)12-24-19(23)11-20-8-13-5-14(9-20)7-15(6-13)10-20/h1-4,13-15H,5-12H2. The number of rotatable bonds is 5. The molecule has 4 aliphatic rings. The van der Waals surface area contributed by atoms with Crippen molar-refractivity contribution in [2.45, 2.75) is 44.9 Å². The number of hydrogen-bond donors (Lipinski definition) is 0. The zero-order chi connectivity index (χ0) is 16.7. The molecule has 128 valence electrons. The van der Waals surface area contributed by atoms with Crippen molar-refractivity contribution in [1.82, 2.24) is 0 Å². The molecule has 4 heteroatoms. The molecule has 0 radical (unpaired) electrons. The van der Waals surface area contributed by atoms with Crippen LogP contribution < -0.4 is 0 Å². The Labute approximate surface area is 141 Å². The number of ketones is 1. The number of carbonyl (C=O) groups is 2. The van der Waals surface area contributed by atoms with Crippen LogP contribution in [0.1, 0.15) is 55.3 Å². The van der Waals surface area contributed by atoms with Crippen molar-refractivity contribution in [3.05, 3.63) is 35.6 Å². The average molecular weight is 330 g/mol. The normalized spacial score (nSPS) is 33.5. The van der Waals surface area contributed by atoms with Crippen LogP contribution in [0.15, 0.2) is 24.3 Å². The first-order valence-corrected chi connectivity index (χ1v) is 8.96. The molecule has 0 aliphatic heterocycles. The molecule has 0 saturated heterocycles. The van der Waals surface area contributed by atoms with E-state index in [1.807, 2.05) is 0 Å². The fourth-order valence-corrected chi connectivity index (χ4v) is 5.73. The summed E-state index contributed by atoms with van der Waals surface area (Å²) in [6, 6.07) is 5.32. The van der Waals surface area contributed by atoms with Gasteiger partial charge in [-0.05, 0) is 86.0 Å². The SMILES string of the molecule is O=C(CC12CC3CC(CC(C3)C1)C2)OCC(=O)c1ccc(F)cc1. The number of halogens is 1. The molecular weight excluding hydrogens is 307 g/mol. The van der Waals surface area contributed by atoms with Crippen molar-refractivity contribution in [2.24, 2.45) is 23.2 Å². The molecule has 1 aromatic carbocycles. The van der Waals surface area contributed by atoms with Gasteiger partial charge in [-0.3, -0.25) is 9.59 Å². The van der Waals surface area contributed by atoms with Gasteiger partial charge in [0.2, 0.25) is 0 Å². The molecule has 4 fully saturated rings. The molecule has 5 rings (SSSR count). The summed E-state index contributed by atoms with van der Waals surface area (Å²) in [5, 5.41) is 0. The highest BCUT2D eigenvalue weighted by molar-refractivity contribution is 5.97. The fourth-order valence-electron chi connectivity index (χ4n) is 5.73. The van der Waals surface area contributed by atoms with Crippen LogP contribution in [0.5, 0.6) is 0 Å². The summed E-state index contributed by atoms with van der Waals surface area (Å²) in [6.45, 7) is -0.253. The van der Waals surface area contributed by atoms with E-state index in [1.54, 1.807) is 0 Å². The smallest absolute Gasteiger partial charge is 0.306 e. The largest absolute Gasteiger partial charge is 0.457 e. The van der Waals surface area contributed by atoms with E-state index in [4.69, 9.17) is 4.74 Å². The maximum absolute atomic E-state index is 12.9. The third-order valence-corrected chi connectivity index (χ3v) is 6.21. The Morgan fingerprint density at radius 2 is 1.54 bits per heavy atom. The van der Waals surface area contributed by atoms with Crippen molar-refractivity contribution in [3.8, 4) is 0 Å². The highest BCUT2D eigenvalue weighted by Gasteiger charge is 2.51. The van der Waals surface area contributed by atoms with Crippen LogP contribution in [-0.4, -0.2) is 18.4 Å². The molecule has 4 saturated carbocycles. The summed E-state index contributed by atoms with van der Waals surface area (Å²) in [5.41, 5.74) is 0.504. The maximum Gasteiger partial charge on any atom is 0.306 e. The van der Waals surface area contributed by atoms with Crippen molar-refractivity contribution in [1.29, 1.82) is 0 Å². The van der Waals surface area contributed by atoms with Crippen molar-refractivity contribution in [2.75, 3.05) is 6.61 Å². The number of carbonyl (C=O) groups excluding carboxylic acids is 2. The van der Waals surface area contributed by atoms with E-state index in [2.05, 4.69) is 0 Å². The van der Waals surface area contributed by atoms with Gasteiger partial charge in [0.15, 0.2) is 12.4 Å². The Morgan fingerprint density at radius 3 is 2.08 bits per heavy atom. The van der Waals surface area contributed by atoms with E-state index < -0.39 is 0 Å². The second-order valence-electron chi connectivity index (χ2n) is 8.19. The molecule has 3 nitrogen and oxygen atoms in total. The average Bonchev–Trinajstić information content (AvgIpc) is 2.51. The van der Waals surface area contributed by atoms with E-state index in [0.717, 1.165) is 37.0 Å². The Hall–Kier alpha value is -1.71. The van der Waals surface area contributed by atoms with Crippen LogP contribution in [0.2, 0.25) is 0 Å². The van der Waals surface area contributed by atoms with Crippen LogP contribution in [0.4, 0.5) is 4.39 Å². The Bertz CT molecular complexity index is 614. The molecule has 0 spiro atoms. The minimum absolute atomic E-state index is 0.130. The number of Topliss-reactive ketones (excluding diaryl/α,β-unsaturated/α-hetero) is 1. The minimum atomic E-state index is -0.384. The second kappa shape index (κ2) is 5.98. The summed E-state index contributed by atoms with van der Waals surface area (Å²) in [6.07, 6.45) is 7.94. The molecule has 0 atom stereocenters. The minimum Gasteiger partial charge on any atom is -0.457 e. The highest BCUT2D eigenvalue weighted by Crippen LogP contribution is 2.61. The summed E-state index contributed by atoms with van der Waals surface area (Å²) < 4.78 is 18.1. The van der Waals surface area contributed by atoms with Gasteiger partial charge in [0.1, 0.15) is 5.82 Å². The van der Waals surface area contributed by atoms with E-state index in [0.29, 0.717) is 12.0 Å². The number of hydrogen-bond acceptors (Lipinski definition) is 3. The molecular formula is C20H23FO3. The lowest BCUT2D eigenvalue weighted by Gasteiger charge is -2.56. The van der Waals surface area contributed by atoms with Gasteiger partial charge >= 0.3 is 5.97 Å². The molecule has 24 heavy (non-hydrogen) atoms. The first-order chi connectivity index (χ1) is 11.5. The van der Waals surface area contributed by atoms with E-state index >= 15 is 0 Å². The van der Waals surface area contributed by atoms with Crippen molar-refractivity contribution < 1.29 is 18.7 Å². The van der Waals surface area contributed by atoms with Gasteiger partial charge in [-0.15, -0.1) is 0 Å². The number of ether oxygens (including phenoxy) is 1. The van der Waals surface area contributed by atoms with E-state index in [-0.39, 0.29) is 29.6 Å². The van der Waals surface area contributed by atoms with Crippen molar-refractivity contribution >= 4 is 11.8 Å². The zero-order valence-electron chi connectivity index (χ0n) is 13.8. The fraction of sp³-hybridized carbons (Fsp3) is 0.600. The molecule has 1 aromatic rings. The second-order valence-corrected chi connectivity index (χ2v) is 8.19. The van der Waals surface area contributed by atoms with E-state index in [9.17, 15) is 14.0 Å². The zero-order valence-corrected chi connectivity index (χ0v) is 13.8. The van der Waals surface area contributed by atoms with E-state index in [1.165, 1.54) is 43.5 Å². The van der Waals surface area contributed by atoms with Gasteiger partial charge < -0.3 is 4.74 Å². The molecule has 4 bridgehead atoms. The predicted octanol–water partition coefficient (Wildman–Crippen LogP) is 4.16. The topological polar surface area (TPSA) is 43.4 Å². The van der Waals surface area contributed by atoms with Gasteiger partial charge in [-0.25, -0.2) is 4.39 Å². The van der Waals surface area contributed by atoms with Crippen LogP contribution in [-0.2, 0) is 9.53 Å². The summed E-state index contributed by atoms with van der Waals surface area (Å²) in [4.78, 5) is 24.3. The first-order valence-electron chi connectivity index (χ1n) is 8.96. The predicted molar refractivity (Wildman–Crippen MR) is 86.9 cm³/mol. The monoisotopic (exact) mass is 330 g/mol. The Kier molecular flexibility index (Phi) is 3.93. The van der Waals surface area contributed by atoms with Crippen LogP contribution in [0, 0.1) is 29.0 Å². The molecule has 0 heterocycles. The lowest BCUT2D eigenvalue weighted by molar-refractivity contribution is -0.150. The van der Waals surface area contributed by atoms with Gasteiger partial charge in [-0.2, -0.15) is 0 Å². The molecule has 0 N–H and O–H groups in total. The summed E-state index contributed by atoms with van der Waals surface area (Å²) in [5.74, 6) is 1.46. The van der Waals surface area contributed by atoms with Gasteiger partial charge in [0.05, 0.1) is 6.42 Å². The molecule has 0 aromatic heterocycles. The third-order valence-electron chi connectivity index (χ3n) is 6.21. The van der Waals surface area contributed by atoms with Gasteiger partial charge in [0.25, 0.3) is 0 Å². The van der Waals surface area contributed by atoms with Gasteiger partial charge in [0, 0.05) is 5.56 Å². The number of benzene rings is 1. The van der Waals surface area contributed by atoms with Crippen LogP contribution >= 0.6 is 0 Å². The molecule has 0 amide bonds. The van der Waals surface area contributed by atoms with Crippen LogP contribution in [0.25, 0.3) is 0 Å². The quantitative estimate of drug-likeness (QED) is 0.601. The lowest BCUT2D eigenvalue weighted by Crippen LogP contribution is -2.47.